The van der Waals surface area contributed by atoms with E-state index in [1.165, 1.54) is 11.1 Å². The van der Waals surface area contributed by atoms with E-state index in [-0.39, 0.29) is 11.9 Å². The normalized spacial score (nSPS) is 19.6. The molecule has 1 atom stereocenters. The van der Waals surface area contributed by atoms with E-state index in [4.69, 9.17) is 0 Å². The summed E-state index contributed by atoms with van der Waals surface area (Å²) in [7, 11) is 0. The van der Waals surface area contributed by atoms with Crippen LogP contribution >= 0.6 is 0 Å². The summed E-state index contributed by atoms with van der Waals surface area (Å²) in [6.07, 6.45) is 0. The summed E-state index contributed by atoms with van der Waals surface area (Å²) >= 11 is 0. The van der Waals surface area contributed by atoms with Crippen molar-refractivity contribution >= 4 is 17.3 Å². The third kappa shape index (κ3) is 1.35. The zero-order chi connectivity index (χ0) is 10.3. The van der Waals surface area contributed by atoms with Crippen LogP contribution in [0, 0.1) is 13.8 Å². The van der Waals surface area contributed by atoms with Crippen LogP contribution in [0.2, 0.25) is 0 Å². The molecule has 0 aliphatic carbocycles. The molecule has 2 N–H and O–H groups in total. The van der Waals surface area contributed by atoms with E-state index in [2.05, 4.69) is 23.6 Å². The molecule has 0 bridgehead atoms. The fourth-order valence-corrected chi connectivity index (χ4v) is 1.58. The maximum absolute atomic E-state index is 11.4. The number of anilines is 2. The number of hydrogen-bond acceptors (Lipinski definition) is 2. The maximum atomic E-state index is 11.4. The first-order chi connectivity index (χ1) is 6.58. The molecule has 1 aliphatic heterocycles. The van der Waals surface area contributed by atoms with Crippen molar-refractivity contribution in [2.75, 3.05) is 10.6 Å². The highest BCUT2D eigenvalue weighted by Crippen LogP contribution is 2.29. The summed E-state index contributed by atoms with van der Waals surface area (Å²) in [4.78, 5) is 11.4. The molecule has 1 amide bonds. The maximum Gasteiger partial charge on any atom is 0.246 e. The largest absolute Gasteiger partial charge is 0.372 e. The lowest BCUT2D eigenvalue weighted by atomic mass is 10.1. The Labute approximate surface area is 83.5 Å². The lowest BCUT2D eigenvalue weighted by molar-refractivity contribution is -0.116. The number of carbonyl (C=O) groups is 1. The Morgan fingerprint density at radius 1 is 1.14 bits per heavy atom. The standard InChI is InChI=1S/C11H14N2O/c1-6-4-9-10(5-7(6)2)13-11(14)8(3)12-9/h4-5,8,12H,1-3H3,(H,13,14)/t8-/m0/s1. The molecule has 14 heavy (non-hydrogen) atoms. The number of benzene rings is 1. The van der Waals surface area contributed by atoms with Gasteiger partial charge in [0.1, 0.15) is 6.04 Å². The number of carbonyl (C=O) groups excluding carboxylic acids is 1. The lowest BCUT2D eigenvalue weighted by Crippen LogP contribution is -2.36. The van der Waals surface area contributed by atoms with Gasteiger partial charge in [-0.2, -0.15) is 0 Å². The number of nitrogens with one attached hydrogen (secondary N) is 2. The van der Waals surface area contributed by atoms with E-state index in [0.29, 0.717) is 0 Å². The molecule has 0 aromatic heterocycles. The molecule has 74 valence electrons. The fraction of sp³-hybridized carbons (Fsp3) is 0.364. The molecule has 3 nitrogen and oxygen atoms in total. The van der Waals surface area contributed by atoms with Gasteiger partial charge in [-0.05, 0) is 44.0 Å². The average Bonchev–Trinajstić information content (AvgIpc) is 2.11. The van der Waals surface area contributed by atoms with Gasteiger partial charge in [-0.15, -0.1) is 0 Å². The van der Waals surface area contributed by atoms with E-state index in [0.717, 1.165) is 11.4 Å². The molecule has 0 radical (unpaired) electrons. The average molecular weight is 190 g/mol. The van der Waals surface area contributed by atoms with Crippen molar-refractivity contribution < 1.29 is 4.79 Å². The van der Waals surface area contributed by atoms with Crippen molar-refractivity contribution in [1.82, 2.24) is 0 Å². The summed E-state index contributed by atoms with van der Waals surface area (Å²) in [5.74, 6) is 0.0285. The molecule has 0 spiro atoms. The smallest absolute Gasteiger partial charge is 0.246 e. The molecule has 2 rings (SSSR count). The Morgan fingerprint density at radius 2 is 1.71 bits per heavy atom. The van der Waals surface area contributed by atoms with Gasteiger partial charge in [-0.1, -0.05) is 0 Å². The van der Waals surface area contributed by atoms with Crippen LogP contribution in [-0.2, 0) is 4.79 Å². The van der Waals surface area contributed by atoms with Gasteiger partial charge in [-0.25, -0.2) is 0 Å². The van der Waals surface area contributed by atoms with E-state index in [9.17, 15) is 4.79 Å². The number of rotatable bonds is 0. The first-order valence-electron chi connectivity index (χ1n) is 4.76. The summed E-state index contributed by atoms with van der Waals surface area (Å²) in [5, 5.41) is 6.04. The highest BCUT2D eigenvalue weighted by atomic mass is 16.2. The Morgan fingerprint density at radius 3 is 2.36 bits per heavy atom. The van der Waals surface area contributed by atoms with Crippen LogP contribution in [0.15, 0.2) is 12.1 Å². The minimum atomic E-state index is -0.149. The molecule has 1 aromatic rings. The van der Waals surface area contributed by atoms with Crippen LogP contribution in [0.25, 0.3) is 0 Å². The zero-order valence-electron chi connectivity index (χ0n) is 8.64. The third-order valence-electron chi connectivity index (χ3n) is 2.66. The van der Waals surface area contributed by atoms with Gasteiger partial charge in [0.2, 0.25) is 5.91 Å². The topological polar surface area (TPSA) is 41.1 Å². The second-order valence-electron chi connectivity index (χ2n) is 3.84. The van der Waals surface area contributed by atoms with Crippen LogP contribution in [0.3, 0.4) is 0 Å². The quantitative estimate of drug-likeness (QED) is 0.657. The van der Waals surface area contributed by atoms with E-state index in [1.807, 2.05) is 19.9 Å². The van der Waals surface area contributed by atoms with Gasteiger partial charge < -0.3 is 10.6 Å². The predicted molar refractivity (Wildman–Crippen MR) is 57.6 cm³/mol. The Bertz CT molecular complexity index is 399. The van der Waals surface area contributed by atoms with Crippen LogP contribution < -0.4 is 10.6 Å². The van der Waals surface area contributed by atoms with Crippen molar-refractivity contribution in [2.45, 2.75) is 26.8 Å². The monoisotopic (exact) mass is 190 g/mol. The molecule has 1 aliphatic rings. The van der Waals surface area contributed by atoms with Gasteiger partial charge in [0.05, 0.1) is 11.4 Å². The van der Waals surface area contributed by atoms with Gasteiger partial charge >= 0.3 is 0 Å². The molecule has 1 aromatic carbocycles. The SMILES string of the molecule is Cc1cc2c(cc1C)N[C@@H](C)C(=O)N2. The van der Waals surface area contributed by atoms with Gasteiger partial charge in [0.15, 0.2) is 0 Å². The van der Waals surface area contributed by atoms with Crippen LogP contribution in [-0.4, -0.2) is 11.9 Å². The second-order valence-corrected chi connectivity index (χ2v) is 3.84. The molecule has 0 fully saturated rings. The molecular formula is C11H14N2O. The van der Waals surface area contributed by atoms with Crippen LogP contribution in [0.1, 0.15) is 18.1 Å². The first kappa shape index (κ1) is 9.06. The number of amides is 1. The van der Waals surface area contributed by atoms with Crippen molar-refractivity contribution in [2.24, 2.45) is 0 Å². The van der Waals surface area contributed by atoms with Crippen molar-refractivity contribution in [1.29, 1.82) is 0 Å². The molecule has 0 saturated heterocycles. The van der Waals surface area contributed by atoms with Crippen LogP contribution in [0.5, 0.6) is 0 Å². The molecule has 0 saturated carbocycles. The Hall–Kier alpha value is -1.51. The first-order valence-corrected chi connectivity index (χ1v) is 4.76. The van der Waals surface area contributed by atoms with Crippen LogP contribution in [0.4, 0.5) is 11.4 Å². The lowest BCUT2D eigenvalue weighted by Gasteiger charge is -2.25. The number of aryl methyl sites for hydroxylation is 2. The molecular weight excluding hydrogens is 176 g/mol. The summed E-state index contributed by atoms with van der Waals surface area (Å²) < 4.78 is 0. The second kappa shape index (κ2) is 3.01. The molecule has 1 heterocycles. The Balaban J connectivity index is 2.47. The molecule has 3 heteroatoms. The minimum Gasteiger partial charge on any atom is -0.372 e. The zero-order valence-corrected chi connectivity index (χ0v) is 8.64. The van der Waals surface area contributed by atoms with Gasteiger partial charge in [-0.3, -0.25) is 4.79 Å². The van der Waals surface area contributed by atoms with E-state index in [1.54, 1.807) is 0 Å². The summed E-state index contributed by atoms with van der Waals surface area (Å²) in [6, 6.07) is 3.92. The summed E-state index contributed by atoms with van der Waals surface area (Å²) in [6.45, 7) is 5.96. The minimum absolute atomic E-state index is 0.0285. The van der Waals surface area contributed by atoms with Crippen molar-refractivity contribution in [3.8, 4) is 0 Å². The highest BCUT2D eigenvalue weighted by molar-refractivity contribution is 6.02. The van der Waals surface area contributed by atoms with Gasteiger partial charge in [0.25, 0.3) is 0 Å². The van der Waals surface area contributed by atoms with E-state index >= 15 is 0 Å². The highest BCUT2D eigenvalue weighted by Gasteiger charge is 2.21. The molecule has 0 unspecified atom stereocenters. The Kier molecular flexibility index (Phi) is 1.95. The number of fused-ring (bicyclic) bond motifs is 1. The van der Waals surface area contributed by atoms with Gasteiger partial charge in [0, 0.05) is 0 Å². The number of hydrogen-bond donors (Lipinski definition) is 2. The fourth-order valence-electron chi connectivity index (χ4n) is 1.58. The van der Waals surface area contributed by atoms with E-state index < -0.39 is 0 Å². The van der Waals surface area contributed by atoms with Crippen molar-refractivity contribution in [3.63, 3.8) is 0 Å². The third-order valence-corrected chi connectivity index (χ3v) is 2.66. The summed E-state index contributed by atoms with van der Waals surface area (Å²) in [5.41, 5.74) is 4.33. The predicted octanol–water partition coefficient (Wildman–Crippen LogP) is 2.06. The van der Waals surface area contributed by atoms with Crippen molar-refractivity contribution in [3.05, 3.63) is 23.3 Å².